The van der Waals surface area contributed by atoms with Gasteiger partial charge in [-0.05, 0) is 101 Å². The minimum absolute atomic E-state index is 0.898. The first-order valence-corrected chi connectivity index (χ1v) is 14.5. The highest BCUT2D eigenvalue weighted by molar-refractivity contribution is 6.42. The van der Waals surface area contributed by atoms with E-state index in [9.17, 15) is 0 Å². The Kier molecular flexibility index (Phi) is 3.13. The van der Waals surface area contributed by atoms with Gasteiger partial charge in [-0.1, -0.05) is 72.8 Å². The number of fused-ring (bicyclic) bond motifs is 4. The molecule has 0 fully saturated rings. The molecule has 0 unspecified atom stereocenters. The fourth-order valence-corrected chi connectivity index (χ4v) is 8.54. The molecule has 0 radical (unpaired) electrons. The highest BCUT2D eigenvalue weighted by Crippen LogP contribution is 2.54. The third kappa shape index (κ3) is 2.06. The van der Waals surface area contributed by atoms with Crippen LogP contribution >= 0.6 is 0 Å². The van der Waals surface area contributed by atoms with Crippen LogP contribution in [0.1, 0.15) is 0 Å². The Hall–Kier alpha value is -5.60. The molecule has 42 heavy (non-hydrogen) atoms. The predicted molar refractivity (Wildman–Crippen MR) is 176 cm³/mol. The molecule has 0 spiro atoms. The van der Waals surface area contributed by atoms with Crippen molar-refractivity contribution in [2.45, 2.75) is 0 Å². The minimum Gasteiger partial charge on any atom is -0.456 e. The maximum absolute atomic E-state index is 6.91. The molecule has 2 heterocycles. The Labute approximate surface area is 237 Å². The Balaban J connectivity index is 1.42. The van der Waals surface area contributed by atoms with Crippen molar-refractivity contribution in [3.05, 3.63) is 109 Å². The molecule has 2 aliphatic heterocycles. The first kappa shape index (κ1) is 20.3. The number of hydrogen-bond donors (Lipinski definition) is 0. The van der Waals surface area contributed by atoms with E-state index in [1.807, 2.05) is 0 Å². The molecule has 12 rings (SSSR count). The Bertz CT molecular complexity index is 2840. The second-order valence-electron chi connectivity index (χ2n) is 11.9. The topological polar surface area (TPSA) is 26.3 Å². The van der Waals surface area contributed by atoms with Gasteiger partial charge in [0.2, 0.25) is 0 Å². The summed E-state index contributed by atoms with van der Waals surface area (Å²) in [6.45, 7) is 0. The van der Waals surface area contributed by atoms with Gasteiger partial charge in [-0.3, -0.25) is 0 Å². The average Bonchev–Trinajstić information content (AvgIpc) is 3.04. The van der Waals surface area contributed by atoms with E-state index in [0.717, 1.165) is 44.2 Å². The summed E-state index contributed by atoms with van der Waals surface area (Å²) in [5.74, 6) is 0. The Morgan fingerprint density at radius 1 is 0.286 bits per heavy atom. The summed E-state index contributed by atoms with van der Waals surface area (Å²) >= 11 is 0. The lowest BCUT2D eigenvalue weighted by Gasteiger charge is -2.24. The second kappa shape index (κ2) is 6.48. The van der Waals surface area contributed by atoms with Crippen LogP contribution < -0.4 is 0 Å². The molecular weight excluding hydrogens is 512 g/mol. The van der Waals surface area contributed by atoms with Crippen molar-refractivity contribution in [3.63, 3.8) is 0 Å². The monoisotopic (exact) mass is 530 g/mol. The van der Waals surface area contributed by atoms with Crippen LogP contribution in [0, 0.1) is 0 Å². The summed E-state index contributed by atoms with van der Waals surface area (Å²) < 4.78 is 13.8. The number of hydrogen-bond acceptors (Lipinski definition) is 2. The van der Waals surface area contributed by atoms with Gasteiger partial charge < -0.3 is 8.83 Å². The molecule has 0 N–H and O–H groups in total. The van der Waals surface area contributed by atoms with Gasteiger partial charge in [-0.15, -0.1) is 0 Å². The summed E-state index contributed by atoms with van der Waals surface area (Å²) in [6.07, 6.45) is 0. The van der Waals surface area contributed by atoms with Crippen molar-refractivity contribution in [2.24, 2.45) is 0 Å². The Morgan fingerprint density at radius 3 is 1.10 bits per heavy atom. The van der Waals surface area contributed by atoms with E-state index in [0.29, 0.717) is 0 Å². The summed E-state index contributed by atoms with van der Waals surface area (Å²) in [5, 5.41) is 20.0. The standard InChI is InChI=1S/C40H18O2/c1-5-19-7-3-11-23-27-17-31-39-37-29(15-13-25(35(27)37)21(9-1)33(19)23)41-32-18-28-24-12-4-8-20-6-2-10-22(34(20)24)26-14-16-30(42-31)38(36(26)28)40(32)39/h1-18H. The zero-order valence-electron chi connectivity index (χ0n) is 22.2. The van der Waals surface area contributed by atoms with Crippen molar-refractivity contribution >= 4 is 109 Å². The van der Waals surface area contributed by atoms with E-state index in [1.165, 1.54) is 75.4 Å². The lowest BCUT2D eigenvalue weighted by molar-refractivity contribution is 0.647. The Morgan fingerprint density at radius 2 is 0.667 bits per heavy atom. The van der Waals surface area contributed by atoms with Crippen molar-refractivity contribution in [1.82, 2.24) is 0 Å². The van der Waals surface area contributed by atoms with E-state index >= 15 is 0 Å². The summed E-state index contributed by atoms with van der Waals surface area (Å²) in [6, 6.07) is 39.9. The van der Waals surface area contributed by atoms with Gasteiger partial charge >= 0.3 is 0 Å². The van der Waals surface area contributed by atoms with Gasteiger partial charge in [0.05, 0.1) is 0 Å². The lowest BCUT2D eigenvalue weighted by atomic mass is 9.82. The smallest absolute Gasteiger partial charge is 0.136 e. The third-order valence-electron chi connectivity index (χ3n) is 10.1. The van der Waals surface area contributed by atoms with Crippen LogP contribution in [0.5, 0.6) is 0 Å². The highest BCUT2D eigenvalue weighted by Gasteiger charge is 2.29. The molecule has 0 atom stereocenters. The van der Waals surface area contributed by atoms with Crippen molar-refractivity contribution in [1.29, 1.82) is 0 Å². The minimum atomic E-state index is 0.898. The lowest BCUT2D eigenvalue weighted by Crippen LogP contribution is -1.98. The van der Waals surface area contributed by atoms with Gasteiger partial charge in [-0.2, -0.15) is 0 Å². The average molecular weight is 531 g/mol. The van der Waals surface area contributed by atoms with Gasteiger partial charge in [0, 0.05) is 32.7 Å². The van der Waals surface area contributed by atoms with Crippen LogP contribution in [-0.4, -0.2) is 0 Å². The molecular formula is C40H18O2. The summed E-state index contributed by atoms with van der Waals surface area (Å²) in [5.41, 5.74) is 5.93. The fourth-order valence-electron chi connectivity index (χ4n) is 8.54. The van der Waals surface area contributed by atoms with Crippen molar-refractivity contribution in [2.75, 3.05) is 0 Å². The molecule has 0 saturated heterocycles. The predicted octanol–water partition coefficient (Wildman–Crippen LogP) is 11.8. The van der Waals surface area contributed by atoms with Gasteiger partial charge in [0.25, 0.3) is 0 Å². The molecule has 2 nitrogen and oxygen atoms in total. The molecule has 0 bridgehead atoms. The van der Waals surface area contributed by atoms with Crippen molar-refractivity contribution < 1.29 is 8.83 Å². The molecule has 10 aromatic rings. The van der Waals surface area contributed by atoms with E-state index in [2.05, 4.69) is 109 Å². The molecule has 0 aromatic heterocycles. The molecule has 2 heteroatoms. The molecule has 10 aromatic carbocycles. The van der Waals surface area contributed by atoms with Gasteiger partial charge in [0.15, 0.2) is 0 Å². The quantitative estimate of drug-likeness (QED) is 0.144. The van der Waals surface area contributed by atoms with E-state index in [4.69, 9.17) is 8.83 Å². The largest absolute Gasteiger partial charge is 0.456 e. The maximum atomic E-state index is 6.91. The summed E-state index contributed by atoms with van der Waals surface area (Å²) in [4.78, 5) is 0. The zero-order chi connectivity index (χ0) is 26.8. The van der Waals surface area contributed by atoms with E-state index in [1.54, 1.807) is 0 Å². The molecule has 0 saturated carbocycles. The number of rotatable bonds is 0. The summed E-state index contributed by atoms with van der Waals surface area (Å²) in [7, 11) is 0. The van der Waals surface area contributed by atoms with Crippen LogP contribution in [0.4, 0.5) is 0 Å². The van der Waals surface area contributed by atoms with Gasteiger partial charge in [0.1, 0.15) is 22.3 Å². The first-order valence-electron chi connectivity index (χ1n) is 14.5. The highest BCUT2D eigenvalue weighted by atomic mass is 16.3. The van der Waals surface area contributed by atoms with E-state index in [-0.39, 0.29) is 0 Å². The molecule has 190 valence electrons. The first-order chi connectivity index (χ1) is 20.8. The third-order valence-corrected chi connectivity index (χ3v) is 10.1. The normalized spacial score (nSPS) is 13.2. The molecule has 0 aliphatic carbocycles. The maximum Gasteiger partial charge on any atom is 0.136 e. The zero-order valence-corrected chi connectivity index (χ0v) is 22.2. The van der Waals surface area contributed by atoms with Crippen LogP contribution in [-0.2, 0) is 0 Å². The van der Waals surface area contributed by atoms with Crippen molar-refractivity contribution in [3.8, 4) is 11.1 Å². The number of benzene rings is 10. The second-order valence-corrected chi connectivity index (χ2v) is 11.9. The van der Waals surface area contributed by atoms with E-state index < -0.39 is 0 Å². The SMILES string of the molecule is c1cc2cccc3c4cc5oc6ccc7c8cccc9cccc(c%10cc%11oc%12ccc(c(c1)c23)c4c%12c5-c%11c6c7%10)c98. The fraction of sp³-hybridized carbons (Fsp3) is 0. The van der Waals surface area contributed by atoms with Gasteiger partial charge in [-0.25, -0.2) is 0 Å². The van der Waals surface area contributed by atoms with Crippen LogP contribution in [0.3, 0.4) is 0 Å². The molecule has 2 aliphatic rings. The van der Waals surface area contributed by atoms with Crippen LogP contribution in [0.15, 0.2) is 118 Å². The van der Waals surface area contributed by atoms with Crippen LogP contribution in [0.25, 0.3) is 120 Å². The van der Waals surface area contributed by atoms with Crippen LogP contribution in [0.2, 0.25) is 0 Å². The molecule has 0 amide bonds.